The predicted octanol–water partition coefficient (Wildman–Crippen LogP) is -0.503. The van der Waals surface area contributed by atoms with Crippen LogP contribution in [0.2, 0.25) is 0 Å². The van der Waals surface area contributed by atoms with E-state index in [4.69, 9.17) is 10.5 Å². The molecule has 0 bridgehead atoms. The van der Waals surface area contributed by atoms with E-state index in [1.165, 1.54) is 6.07 Å². The summed E-state index contributed by atoms with van der Waals surface area (Å²) in [6.45, 7) is 0.826. The third-order valence-corrected chi connectivity index (χ3v) is 2.98. The third-order valence-electron chi connectivity index (χ3n) is 2.98. The van der Waals surface area contributed by atoms with E-state index in [1.54, 1.807) is 12.3 Å². The summed E-state index contributed by atoms with van der Waals surface area (Å²) in [7, 11) is 0. The zero-order valence-electron chi connectivity index (χ0n) is 10.0. The first-order chi connectivity index (χ1) is 8.69. The third kappa shape index (κ3) is 3.18. The van der Waals surface area contributed by atoms with E-state index < -0.39 is 6.10 Å². The van der Waals surface area contributed by atoms with Crippen molar-refractivity contribution in [2.75, 3.05) is 6.54 Å². The Labute approximate surface area is 105 Å². The minimum Gasteiger partial charge on any atom is -0.364 e. The van der Waals surface area contributed by atoms with Gasteiger partial charge in [-0.1, -0.05) is 6.07 Å². The lowest BCUT2D eigenvalue weighted by Crippen LogP contribution is -2.35. The number of carbonyl (C=O) groups is 1. The molecule has 2 rings (SSSR count). The Hall–Kier alpha value is -1.66. The molecule has 0 radical (unpaired) electrons. The van der Waals surface area contributed by atoms with E-state index in [0.717, 1.165) is 12.0 Å². The van der Waals surface area contributed by atoms with Crippen LogP contribution in [0.25, 0.3) is 0 Å². The van der Waals surface area contributed by atoms with Crippen molar-refractivity contribution in [2.24, 2.45) is 5.73 Å². The number of H-pyrrole nitrogens is 1. The fourth-order valence-electron chi connectivity index (χ4n) is 1.93. The quantitative estimate of drug-likeness (QED) is 0.672. The normalized spacial score (nSPS) is 22.9. The van der Waals surface area contributed by atoms with Crippen LogP contribution < -0.4 is 16.6 Å². The van der Waals surface area contributed by atoms with Gasteiger partial charge in [0.15, 0.2) is 0 Å². The Morgan fingerprint density at radius 2 is 2.33 bits per heavy atom. The molecule has 2 heterocycles. The summed E-state index contributed by atoms with van der Waals surface area (Å²) in [5.41, 5.74) is 6.17. The van der Waals surface area contributed by atoms with Gasteiger partial charge in [0.25, 0.3) is 0 Å². The number of pyridine rings is 1. The molecule has 98 valence electrons. The van der Waals surface area contributed by atoms with Crippen LogP contribution in [0.4, 0.5) is 0 Å². The van der Waals surface area contributed by atoms with Crippen LogP contribution in [0.3, 0.4) is 0 Å². The smallest absolute Gasteiger partial charge is 0.249 e. The number of nitrogens with two attached hydrogens (primary N) is 1. The maximum absolute atomic E-state index is 11.8. The van der Waals surface area contributed by atoms with Crippen LogP contribution in [0.1, 0.15) is 18.4 Å². The largest absolute Gasteiger partial charge is 0.364 e. The van der Waals surface area contributed by atoms with Crippen LogP contribution >= 0.6 is 0 Å². The Kier molecular flexibility index (Phi) is 4.11. The fourth-order valence-corrected chi connectivity index (χ4v) is 1.93. The second-order valence-corrected chi connectivity index (χ2v) is 4.34. The van der Waals surface area contributed by atoms with Crippen LogP contribution in [-0.4, -0.2) is 29.6 Å². The zero-order chi connectivity index (χ0) is 13.0. The van der Waals surface area contributed by atoms with Gasteiger partial charge >= 0.3 is 0 Å². The highest BCUT2D eigenvalue weighted by molar-refractivity contribution is 5.80. The Morgan fingerprint density at radius 3 is 2.94 bits per heavy atom. The number of ether oxygens (including phenoxy) is 1. The van der Waals surface area contributed by atoms with Crippen molar-refractivity contribution in [2.45, 2.75) is 31.6 Å². The van der Waals surface area contributed by atoms with Crippen molar-refractivity contribution in [1.82, 2.24) is 10.3 Å². The SMILES string of the molecule is NC[C@H]1CC[C@@H](C(=O)NCc2ccc(=O)[nH]c2)O1. The Balaban J connectivity index is 1.81. The molecule has 6 heteroatoms. The summed E-state index contributed by atoms with van der Waals surface area (Å²) in [5, 5.41) is 2.78. The van der Waals surface area contributed by atoms with Crippen molar-refractivity contribution in [1.29, 1.82) is 0 Å². The fraction of sp³-hybridized carbons (Fsp3) is 0.500. The van der Waals surface area contributed by atoms with E-state index >= 15 is 0 Å². The maximum Gasteiger partial charge on any atom is 0.249 e. The number of carbonyl (C=O) groups excluding carboxylic acids is 1. The number of aromatic amines is 1. The molecular weight excluding hydrogens is 234 g/mol. The monoisotopic (exact) mass is 251 g/mol. The molecule has 1 aliphatic heterocycles. The van der Waals surface area contributed by atoms with E-state index in [1.807, 2.05) is 0 Å². The lowest BCUT2D eigenvalue weighted by atomic mass is 10.2. The lowest BCUT2D eigenvalue weighted by Gasteiger charge is -2.12. The average Bonchev–Trinajstić information content (AvgIpc) is 2.86. The highest BCUT2D eigenvalue weighted by Gasteiger charge is 2.29. The first kappa shape index (κ1) is 12.8. The summed E-state index contributed by atoms with van der Waals surface area (Å²) < 4.78 is 5.49. The minimum atomic E-state index is -0.402. The van der Waals surface area contributed by atoms with E-state index in [-0.39, 0.29) is 17.6 Å². The Morgan fingerprint density at radius 1 is 1.50 bits per heavy atom. The van der Waals surface area contributed by atoms with Crippen LogP contribution in [0.5, 0.6) is 0 Å². The van der Waals surface area contributed by atoms with E-state index in [0.29, 0.717) is 19.5 Å². The molecule has 1 aromatic rings. The summed E-state index contributed by atoms with van der Waals surface area (Å²) in [6, 6.07) is 3.11. The van der Waals surface area contributed by atoms with Gasteiger partial charge in [-0.3, -0.25) is 9.59 Å². The van der Waals surface area contributed by atoms with Gasteiger partial charge in [0.1, 0.15) is 6.10 Å². The number of nitrogens with one attached hydrogen (secondary N) is 2. The molecule has 0 spiro atoms. The van der Waals surface area contributed by atoms with E-state index in [2.05, 4.69) is 10.3 Å². The molecule has 0 aliphatic carbocycles. The summed E-state index contributed by atoms with van der Waals surface area (Å²) in [5.74, 6) is -0.128. The summed E-state index contributed by atoms with van der Waals surface area (Å²) >= 11 is 0. The Bertz CT molecular complexity index is 451. The molecule has 2 atom stereocenters. The molecule has 1 fully saturated rings. The molecule has 0 unspecified atom stereocenters. The van der Waals surface area contributed by atoms with Gasteiger partial charge in [-0.2, -0.15) is 0 Å². The van der Waals surface area contributed by atoms with Gasteiger partial charge in [-0.05, 0) is 18.4 Å². The standard InChI is InChI=1S/C12H17N3O3/c13-5-9-2-3-10(18-9)12(17)15-7-8-1-4-11(16)14-6-8/h1,4,6,9-10H,2-3,5,7,13H2,(H,14,16)(H,15,17)/t9-,10+/m1/s1. The summed E-state index contributed by atoms with van der Waals surface area (Å²) in [4.78, 5) is 25.2. The minimum absolute atomic E-state index is 0.00571. The van der Waals surface area contributed by atoms with Gasteiger partial charge in [0.2, 0.25) is 11.5 Å². The molecule has 18 heavy (non-hydrogen) atoms. The van der Waals surface area contributed by atoms with Crippen molar-refractivity contribution >= 4 is 5.91 Å². The first-order valence-electron chi connectivity index (χ1n) is 6.00. The van der Waals surface area contributed by atoms with Crippen molar-refractivity contribution in [3.63, 3.8) is 0 Å². The van der Waals surface area contributed by atoms with Crippen molar-refractivity contribution in [3.8, 4) is 0 Å². The van der Waals surface area contributed by atoms with E-state index in [9.17, 15) is 9.59 Å². The second-order valence-electron chi connectivity index (χ2n) is 4.34. The van der Waals surface area contributed by atoms with Gasteiger partial charge in [-0.25, -0.2) is 0 Å². The molecule has 1 saturated heterocycles. The highest BCUT2D eigenvalue weighted by atomic mass is 16.5. The zero-order valence-corrected chi connectivity index (χ0v) is 10.0. The number of aromatic nitrogens is 1. The lowest BCUT2D eigenvalue weighted by molar-refractivity contribution is -0.132. The first-order valence-corrected chi connectivity index (χ1v) is 6.00. The van der Waals surface area contributed by atoms with Gasteiger partial charge in [-0.15, -0.1) is 0 Å². The number of amides is 1. The maximum atomic E-state index is 11.8. The van der Waals surface area contributed by atoms with Crippen LogP contribution in [0, 0.1) is 0 Å². The average molecular weight is 251 g/mol. The summed E-state index contributed by atoms with van der Waals surface area (Å²) in [6.07, 6.45) is 2.71. The number of hydrogen-bond acceptors (Lipinski definition) is 4. The van der Waals surface area contributed by atoms with Crippen molar-refractivity contribution in [3.05, 3.63) is 34.2 Å². The molecule has 1 aliphatic rings. The second kappa shape index (κ2) is 5.79. The molecule has 1 aromatic heterocycles. The van der Waals surface area contributed by atoms with Gasteiger partial charge < -0.3 is 20.8 Å². The number of hydrogen-bond donors (Lipinski definition) is 3. The van der Waals surface area contributed by atoms with Gasteiger partial charge in [0, 0.05) is 25.4 Å². The van der Waals surface area contributed by atoms with Crippen molar-refractivity contribution < 1.29 is 9.53 Å². The molecule has 6 nitrogen and oxygen atoms in total. The van der Waals surface area contributed by atoms with Gasteiger partial charge in [0.05, 0.1) is 6.10 Å². The number of rotatable bonds is 4. The molecule has 0 aromatic carbocycles. The van der Waals surface area contributed by atoms with Crippen LogP contribution in [0.15, 0.2) is 23.1 Å². The topological polar surface area (TPSA) is 97.2 Å². The van der Waals surface area contributed by atoms with Crippen LogP contribution in [-0.2, 0) is 16.1 Å². The molecule has 4 N–H and O–H groups in total. The molecular formula is C12H17N3O3. The predicted molar refractivity (Wildman–Crippen MR) is 65.9 cm³/mol. The highest BCUT2D eigenvalue weighted by Crippen LogP contribution is 2.18. The molecule has 0 saturated carbocycles. The molecule has 1 amide bonds.